The van der Waals surface area contributed by atoms with Crippen molar-refractivity contribution in [3.05, 3.63) is 23.8 Å². The zero-order valence-electron chi connectivity index (χ0n) is 9.24. The van der Waals surface area contributed by atoms with Gasteiger partial charge in [0, 0.05) is 0 Å². The highest BCUT2D eigenvalue weighted by molar-refractivity contribution is 5.74. The van der Waals surface area contributed by atoms with E-state index in [1.165, 1.54) is 6.07 Å². The van der Waals surface area contributed by atoms with Crippen LogP contribution in [-0.2, 0) is 11.2 Å². The molecule has 0 fully saturated rings. The number of H-pyrrole nitrogens is 1. The average molecular weight is 249 g/mol. The Bertz CT molecular complexity index is 555. The number of hydrogen-bond acceptors (Lipinski definition) is 6. The number of nitrogens with zero attached hydrogens (tertiary/aromatic N) is 3. The van der Waals surface area contributed by atoms with Gasteiger partial charge >= 0.3 is 5.97 Å². The number of hydrogen-bond donors (Lipinski definition) is 4. The van der Waals surface area contributed by atoms with Crippen molar-refractivity contribution in [3.8, 4) is 17.1 Å². The third-order valence-corrected chi connectivity index (χ3v) is 2.43. The number of rotatable bonds is 4. The van der Waals surface area contributed by atoms with E-state index in [9.17, 15) is 9.90 Å². The largest absolute Gasteiger partial charge is 0.507 e. The topological polar surface area (TPSA) is 138 Å². The number of carbonyl (C=O) groups is 1. The van der Waals surface area contributed by atoms with Crippen LogP contribution in [0.3, 0.4) is 0 Å². The molecule has 0 saturated heterocycles. The minimum atomic E-state index is -1.08. The standard InChI is InChI=1S/C10H11N5O3/c11-7(10(17)18)4-5-1-2-8(16)6(3-5)9-12-14-15-13-9/h1-3,7,16H,4,11H2,(H,17,18)(H,12,13,14,15)/t7-/m0/s1. The molecule has 0 aliphatic carbocycles. The van der Waals surface area contributed by atoms with Crippen LogP contribution in [0.5, 0.6) is 5.75 Å². The van der Waals surface area contributed by atoms with Gasteiger partial charge in [-0.3, -0.25) is 4.79 Å². The Labute approximate surface area is 101 Å². The Balaban J connectivity index is 2.30. The van der Waals surface area contributed by atoms with Crippen molar-refractivity contribution in [1.29, 1.82) is 0 Å². The molecule has 2 rings (SSSR count). The smallest absolute Gasteiger partial charge is 0.320 e. The second kappa shape index (κ2) is 4.80. The van der Waals surface area contributed by atoms with Crippen molar-refractivity contribution in [2.75, 3.05) is 0 Å². The van der Waals surface area contributed by atoms with Crippen molar-refractivity contribution in [1.82, 2.24) is 20.6 Å². The van der Waals surface area contributed by atoms with Crippen LogP contribution in [0.25, 0.3) is 11.4 Å². The fraction of sp³-hybridized carbons (Fsp3) is 0.200. The number of aromatic hydroxyl groups is 1. The number of carboxylic acids is 1. The maximum absolute atomic E-state index is 10.7. The fourth-order valence-electron chi connectivity index (χ4n) is 1.51. The molecule has 5 N–H and O–H groups in total. The summed E-state index contributed by atoms with van der Waals surface area (Å²) in [5, 5.41) is 31.4. The van der Waals surface area contributed by atoms with Crippen LogP contribution in [0.4, 0.5) is 0 Å². The van der Waals surface area contributed by atoms with Gasteiger partial charge in [-0.25, -0.2) is 5.10 Å². The molecule has 94 valence electrons. The maximum atomic E-state index is 10.7. The Morgan fingerprint density at radius 2 is 2.28 bits per heavy atom. The molecule has 1 aromatic carbocycles. The predicted molar refractivity (Wildman–Crippen MR) is 60.6 cm³/mol. The molecule has 2 aromatic rings. The van der Waals surface area contributed by atoms with Gasteiger partial charge in [-0.05, 0) is 34.5 Å². The van der Waals surface area contributed by atoms with Crippen LogP contribution in [0.2, 0.25) is 0 Å². The zero-order chi connectivity index (χ0) is 13.1. The zero-order valence-corrected chi connectivity index (χ0v) is 9.24. The normalized spacial score (nSPS) is 12.3. The summed E-state index contributed by atoms with van der Waals surface area (Å²) in [4.78, 5) is 10.7. The summed E-state index contributed by atoms with van der Waals surface area (Å²) in [5.74, 6) is -0.773. The van der Waals surface area contributed by atoms with Crippen molar-refractivity contribution in [3.63, 3.8) is 0 Å². The summed E-state index contributed by atoms with van der Waals surface area (Å²) in [7, 11) is 0. The van der Waals surface area contributed by atoms with E-state index in [0.717, 1.165) is 0 Å². The molecule has 0 aliphatic heterocycles. The van der Waals surface area contributed by atoms with Crippen molar-refractivity contribution >= 4 is 5.97 Å². The van der Waals surface area contributed by atoms with E-state index in [-0.39, 0.29) is 12.2 Å². The summed E-state index contributed by atoms with van der Waals surface area (Å²) in [5.41, 5.74) is 6.52. The fourth-order valence-corrected chi connectivity index (χ4v) is 1.51. The van der Waals surface area contributed by atoms with Gasteiger partial charge in [-0.1, -0.05) is 6.07 Å². The molecule has 0 unspecified atom stereocenters. The van der Waals surface area contributed by atoms with Gasteiger partial charge in [-0.2, -0.15) is 0 Å². The van der Waals surface area contributed by atoms with Gasteiger partial charge in [0.25, 0.3) is 0 Å². The number of aromatic nitrogens is 4. The van der Waals surface area contributed by atoms with Crippen LogP contribution in [0.15, 0.2) is 18.2 Å². The minimum Gasteiger partial charge on any atom is -0.507 e. The first-order chi connectivity index (χ1) is 8.58. The second-order valence-electron chi connectivity index (χ2n) is 3.75. The van der Waals surface area contributed by atoms with Gasteiger partial charge in [0.2, 0.25) is 0 Å². The summed E-state index contributed by atoms with van der Waals surface area (Å²) in [6.45, 7) is 0. The molecular formula is C10H11N5O3. The average Bonchev–Trinajstić information content (AvgIpc) is 2.85. The Morgan fingerprint density at radius 3 is 2.89 bits per heavy atom. The van der Waals surface area contributed by atoms with Gasteiger partial charge < -0.3 is 15.9 Å². The first-order valence-electron chi connectivity index (χ1n) is 5.12. The number of tetrazole rings is 1. The molecule has 1 heterocycles. The molecular weight excluding hydrogens is 238 g/mol. The molecule has 0 bridgehead atoms. The molecule has 1 aromatic heterocycles. The van der Waals surface area contributed by atoms with Gasteiger partial charge in [0.05, 0.1) is 5.56 Å². The van der Waals surface area contributed by atoms with E-state index in [1.807, 2.05) is 0 Å². The molecule has 0 amide bonds. The SMILES string of the molecule is N[C@@H](Cc1ccc(O)c(-c2nnn[nH]2)c1)C(=O)O. The highest BCUT2D eigenvalue weighted by atomic mass is 16.4. The number of aliphatic carboxylic acids is 1. The van der Waals surface area contributed by atoms with E-state index in [1.54, 1.807) is 12.1 Å². The van der Waals surface area contributed by atoms with Crippen LogP contribution in [-0.4, -0.2) is 42.8 Å². The summed E-state index contributed by atoms with van der Waals surface area (Å²) < 4.78 is 0. The number of phenolic OH excluding ortho intramolecular Hbond substituents is 1. The summed E-state index contributed by atoms with van der Waals surface area (Å²) in [6, 6.07) is 3.66. The summed E-state index contributed by atoms with van der Waals surface area (Å²) in [6.07, 6.45) is 0.157. The minimum absolute atomic E-state index is 0.00111. The van der Waals surface area contributed by atoms with Crippen molar-refractivity contribution in [2.45, 2.75) is 12.5 Å². The molecule has 0 aliphatic rings. The number of aromatic amines is 1. The third-order valence-electron chi connectivity index (χ3n) is 2.43. The van der Waals surface area contributed by atoms with E-state index >= 15 is 0 Å². The predicted octanol–water partition coefficient (Wildman–Crippen LogP) is -0.473. The molecule has 0 spiro atoms. The monoisotopic (exact) mass is 249 g/mol. The van der Waals surface area contributed by atoms with E-state index in [4.69, 9.17) is 10.8 Å². The van der Waals surface area contributed by atoms with E-state index in [0.29, 0.717) is 17.0 Å². The number of benzene rings is 1. The van der Waals surface area contributed by atoms with Gasteiger partial charge in [0.15, 0.2) is 5.82 Å². The highest BCUT2D eigenvalue weighted by Crippen LogP contribution is 2.27. The highest BCUT2D eigenvalue weighted by Gasteiger charge is 2.14. The molecule has 8 heteroatoms. The number of nitrogens with two attached hydrogens (primary N) is 1. The lowest BCUT2D eigenvalue weighted by Gasteiger charge is -2.08. The lowest BCUT2D eigenvalue weighted by Crippen LogP contribution is -2.32. The Morgan fingerprint density at radius 1 is 1.50 bits per heavy atom. The Kier molecular flexibility index (Phi) is 3.20. The molecule has 0 radical (unpaired) electrons. The van der Waals surface area contributed by atoms with Crippen LogP contribution < -0.4 is 5.73 Å². The maximum Gasteiger partial charge on any atom is 0.320 e. The molecule has 18 heavy (non-hydrogen) atoms. The van der Waals surface area contributed by atoms with E-state index in [2.05, 4.69) is 20.6 Å². The lowest BCUT2D eigenvalue weighted by molar-refractivity contribution is -0.138. The van der Waals surface area contributed by atoms with Gasteiger partial charge in [0.1, 0.15) is 11.8 Å². The molecule has 8 nitrogen and oxygen atoms in total. The summed E-state index contributed by atoms with van der Waals surface area (Å²) >= 11 is 0. The van der Waals surface area contributed by atoms with Crippen LogP contribution in [0.1, 0.15) is 5.56 Å². The lowest BCUT2D eigenvalue weighted by atomic mass is 10.0. The Hall–Kier alpha value is -2.48. The van der Waals surface area contributed by atoms with Crippen LogP contribution in [0, 0.1) is 0 Å². The third kappa shape index (κ3) is 2.43. The molecule has 0 saturated carbocycles. The van der Waals surface area contributed by atoms with E-state index < -0.39 is 12.0 Å². The van der Waals surface area contributed by atoms with Crippen molar-refractivity contribution < 1.29 is 15.0 Å². The van der Waals surface area contributed by atoms with Crippen molar-refractivity contribution in [2.24, 2.45) is 5.73 Å². The number of phenols is 1. The first kappa shape index (κ1) is 12.0. The second-order valence-corrected chi connectivity index (χ2v) is 3.75. The van der Waals surface area contributed by atoms with Crippen LogP contribution >= 0.6 is 0 Å². The molecule has 1 atom stereocenters. The first-order valence-corrected chi connectivity index (χ1v) is 5.12. The quantitative estimate of drug-likeness (QED) is 0.574. The number of carboxylic acid groups (broad SMARTS) is 1. The van der Waals surface area contributed by atoms with Gasteiger partial charge in [-0.15, -0.1) is 5.10 Å². The number of nitrogens with one attached hydrogen (secondary N) is 1.